The van der Waals surface area contributed by atoms with Crippen molar-refractivity contribution in [1.82, 2.24) is 0 Å². The van der Waals surface area contributed by atoms with Gasteiger partial charge in [-0.15, -0.1) is 0 Å². The molecule has 1 aromatic carbocycles. The van der Waals surface area contributed by atoms with Gasteiger partial charge in [0.25, 0.3) is 0 Å². The summed E-state index contributed by atoms with van der Waals surface area (Å²) in [5, 5.41) is 26.0. The monoisotopic (exact) mass is 201 g/mol. The summed E-state index contributed by atoms with van der Waals surface area (Å²) >= 11 is 0. The lowest BCUT2D eigenvalue weighted by molar-refractivity contribution is 0.282. The van der Waals surface area contributed by atoms with Crippen LogP contribution in [0.25, 0.3) is 0 Å². The SMILES string of the molecule is N#CCN(CC#N)c1ccc(CO)cc1. The molecule has 0 aliphatic carbocycles. The Morgan fingerprint density at radius 1 is 1.07 bits per heavy atom. The Labute approximate surface area is 88.6 Å². The molecule has 0 aliphatic heterocycles. The normalized spacial score (nSPS) is 9.00. The molecule has 0 heterocycles. The van der Waals surface area contributed by atoms with Crippen LogP contribution in [0, 0.1) is 22.7 Å². The van der Waals surface area contributed by atoms with Crippen LogP contribution in [-0.2, 0) is 6.61 Å². The van der Waals surface area contributed by atoms with E-state index in [9.17, 15) is 0 Å². The van der Waals surface area contributed by atoms with Gasteiger partial charge in [0.1, 0.15) is 13.1 Å². The Morgan fingerprint density at radius 2 is 1.60 bits per heavy atom. The lowest BCUT2D eigenvalue weighted by atomic mass is 10.2. The van der Waals surface area contributed by atoms with Gasteiger partial charge in [0.05, 0.1) is 18.7 Å². The summed E-state index contributed by atoms with van der Waals surface area (Å²) in [5.74, 6) is 0. The first kappa shape index (κ1) is 11.0. The fourth-order valence-corrected chi connectivity index (χ4v) is 1.22. The number of nitriles is 2. The highest BCUT2D eigenvalue weighted by atomic mass is 16.3. The predicted octanol–water partition coefficient (Wildman–Crippen LogP) is 1.03. The van der Waals surface area contributed by atoms with Gasteiger partial charge in [-0.3, -0.25) is 0 Å². The molecule has 0 fully saturated rings. The largest absolute Gasteiger partial charge is 0.392 e. The third kappa shape index (κ3) is 2.98. The zero-order valence-corrected chi connectivity index (χ0v) is 8.22. The number of hydrogen-bond acceptors (Lipinski definition) is 4. The van der Waals surface area contributed by atoms with Gasteiger partial charge in [-0.2, -0.15) is 10.5 Å². The Balaban J connectivity index is 2.83. The first-order chi connectivity index (χ1) is 7.31. The molecule has 4 heteroatoms. The van der Waals surface area contributed by atoms with Gasteiger partial charge in [0.15, 0.2) is 0 Å². The molecule has 0 unspecified atom stereocenters. The third-order valence-electron chi connectivity index (χ3n) is 2.01. The fourth-order valence-electron chi connectivity index (χ4n) is 1.22. The summed E-state index contributed by atoms with van der Waals surface area (Å²) < 4.78 is 0. The summed E-state index contributed by atoms with van der Waals surface area (Å²) in [4.78, 5) is 1.67. The molecule has 0 aromatic heterocycles. The third-order valence-corrected chi connectivity index (χ3v) is 2.01. The Kier molecular flexibility index (Phi) is 4.15. The molecule has 0 atom stereocenters. The van der Waals surface area contributed by atoms with Crippen molar-refractivity contribution < 1.29 is 5.11 Å². The lowest BCUT2D eigenvalue weighted by Gasteiger charge is -2.17. The maximum absolute atomic E-state index is 8.86. The molecule has 0 amide bonds. The van der Waals surface area contributed by atoms with Crippen molar-refractivity contribution in [2.24, 2.45) is 0 Å². The number of anilines is 1. The highest BCUT2D eigenvalue weighted by molar-refractivity contribution is 5.49. The molecule has 0 saturated carbocycles. The molecule has 1 rings (SSSR count). The van der Waals surface area contributed by atoms with Crippen molar-refractivity contribution >= 4 is 5.69 Å². The van der Waals surface area contributed by atoms with E-state index in [1.807, 2.05) is 12.1 Å². The highest BCUT2D eigenvalue weighted by Gasteiger charge is 2.04. The van der Waals surface area contributed by atoms with Crippen molar-refractivity contribution in [3.05, 3.63) is 29.8 Å². The second-order valence-electron chi connectivity index (χ2n) is 3.00. The van der Waals surface area contributed by atoms with E-state index < -0.39 is 0 Å². The molecule has 76 valence electrons. The zero-order chi connectivity index (χ0) is 11.1. The quantitative estimate of drug-likeness (QED) is 0.738. The van der Waals surface area contributed by atoms with E-state index in [1.54, 1.807) is 29.2 Å². The molecule has 0 saturated heterocycles. The maximum atomic E-state index is 8.86. The maximum Gasteiger partial charge on any atom is 0.106 e. The Bertz CT molecular complexity index is 370. The minimum absolute atomic E-state index is 0.00319. The molecule has 0 bridgehead atoms. The van der Waals surface area contributed by atoms with Crippen molar-refractivity contribution in [3.63, 3.8) is 0 Å². The number of hydrogen-bond donors (Lipinski definition) is 1. The molecular formula is C11H11N3O. The van der Waals surface area contributed by atoms with Gasteiger partial charge < -0.3 is 10.0 Å². The standard InChI is InChI=1S/C11H11N3O/c12-5-7-14(8-6-13)11-3-1-10(9-15)2-4-11/h1-4,15H,7-9H2. The topological polar surface area (TPSA) is 71.0 Å². The first-order valence-electron chi connectivity index (χ1n) is 4.50. The lowest BCUT2D eigenvalue weighted by Crippen LogP contribution is -2.23. The van der Waals surface area contributed by atoms with Crippen LogP contribution in [0.1, 0.15) is 5.56 Å². The second-order valence-corrected chi connectivity index (χ2v) is 3.00. The molecule has 0 radical (unpaired) electrons. The first-order valence-corrected chi connectivity index (χ1v) is 4.50. The summed E-state index contributed by atoms with van der Waals surface area (Å²) in [6.07, 6.45) is 0. The number of rotatable bonds is 4. The van der Waals surface area contributed by atoms with Crippen LogP contribution >= 0.6 is 0 Å². The summed E-state index contributed by atoms with van der Waals surface area (Å²) in [6, 6.07) is 11.1. The van der Waals surface area contributed by atoms with E-state index in [2.05, 4.69) is 0 Å². The van der Waals surface area contributed by atoms with Gasteiger partial charge in [-0.1, -0.05) is 12.1 Å². The summed E-state index contributed by atoms with van der Waals surface area (Å²) in [6.45, 7) is 0.370. The van der Waals surface area contributed by atoms with Crippen LogP contribution in [0.2, 0.25) is 0 Å². The van der Waals surface area contributed by atoms with Crippen molar-refractivity contribution in [3.8, 4) is 12.1 Å². The van der Waals surface area contributed by atoms with E-state index >= 15 is 0 Å². The molecular weight excluding hydrogens is 190 g/mol. The van der Waals surface area contributed by atoms with Crippen LogP contribution in [0.4, 0.5) is 5.69 Å². The molecule has 1 N–H and O–H groups in total. The summed E-state index contributed by atoms with van der Waals surface area (Å²) in [5.41, 5.74) is 1.63. The average Bonchev–Trinajstić information content (AvgIpc) is 2.29. The van der Waals surface area contributed by atoms with Gasteiger partial charge >= 0.3 is 0 Å². The number of aliphatic hydroxyl groups is 1. The smallest absolute Gasteiger partial charge is 0.106 e. The van der Waals surface area contributed by atoms with Gasteiger partial charge in [-0.25, -0.2) is 0 Å². The van der Waals surface area contributed by atoms with Crippen molar-refractivity contribution in [1.29, 1.82) is 10.5 Å². The van der Waals surface area contributed by atoms with E-state index in [0.717, 1.165) is 11.3 Å². The van der Waals surface area contributed by atoms with E-state index in [-0.39, 0.29) is 19.7 Å². The van der Waals surface area contributed by atoms with Crippen LogP contribution in [-0.4, -0.2) is 18.2 Å². The van der Waals surface area contributed by atoms with Gasteiger partial charge in [-0.05, 0) is 17.7 Å². The van der Waals surface area contributed by atoms with Gasteiger partial charge in [0.2, 0.25) is 0 Å². The van der Waals surface area contributed by atoms with Crippen LogP contribution in [0.3, 0.4) is 0 Å². The molecule has 0 aliphatic rings. The molecule has 4 nitrogen and oxygen atoms in total. The van der Waals surface area contributed by atoms with Crippen molar-refractivity contribution in [2.45, 2.75) is 6.61 Å². The van der Waals surface area contributed by atoms with E-state index in [4.69, 9.17) is 15.6 Å². The minimum Gasteiger partial charge on any atom is -0.392 e. The predicted molar refractivity (Wildman–Crippen MR) is 55.8 cm³/mol. The van der Waals surface area contributed by atoms with Crippen LogP contribution < -0.4 is 4.90 Å². The fraction of sp³-hybridized carbons (Fsp3) is 0.273. The second kappa shape index (κ2) is 5.64. The van der Waals surface area contributed by atoms with E-state index in [1.165, 1.54) is 0 Å². The van der Waals surface area contributed by atoms with Crippen LogP contribution in [0.5, 0.6) is 0 Å². The Hall–Kier alpha value is -2.04. The average molecular weight is 201 g/mol. The summed E-state index contributed by atoms with van der Waals surface area (Å²) in [7, 11) is 0. The Morgan fingerprint density at radius 3 is 2.00 bits per heavy atom. The van der Waals surface area contributed by atoms with Crippen LogP contribution in [0.15, 0.2) is 24.3 Å². The zero-order valence-electron chi connectivity index (χ0n) is 8.22. The number of aliphatic hydroxyl groups excluding tert-OH is 1. The molecule has 1 aromatic rings. The van der Waals surface area contributed by atoms with E-state index in [0.29, 0.717) is 0 Å². The number of nitrogens with zero attached hydrogens (tertiary/aromatic N) is 3. The van der Waals surface area contributed by atoms with Crippen molar-refractivity contribution in [2.75, 3.05) is 18.0 Å². The minimum atomic E-state index is -0.00319. The molecule has 15 heavy (non-hydrogen) atoms. The highest BCUT2D eigenvalue weighted by Crippen LogP contribution is 2.14. The molecule has 0 spiro atoms. The number of benzene rings is 1. The van der Waals surface area contributed by atoms with Gasteiger partial charge in [0, 0.05) is 5.69 Å².